The van der Waals surface area contributed by atoms with Gasteiger partial charge in [0.2, 0.25) is 5.95 Å². The lowest BCUT2D eigenvalue weighted by atomic mass is 10.0. The van der Waals surface area contributed by atoms with Gasteiger partial charge in [-0.25, -0.2) is 9.78 Å². The van der Waals surface area contributed by atoms with Crippen molar-refractivity contribution >= 4 is 52.4 Å². The van der Waals surface area contributed by atoms with Gasteiger partial charge in [-0.15, -0.1) is 0 Å². The Labute approximate surface area is 218 Å². The lowest BCUT2D eigenvalue weighted by Crippen LogP contribution is -2.52. The van der Waals surface area contributed by atoms with E-state index in [0.717, 1.165) is 16.8 Å². The molecule has 190 valence electrons. The van der Waals surface area contributed by atoms with Gasteiger partial charge in [-0.05, 0) is 62.2 Å². The van der Waals surface area contributed by atoms with Crippen LogP contribution in [0.4, 0.5) is 33.6 Å². The summed E-state index contributed by atoms with van der Waals surface area (Å²) in [6, 6.07) is 11.3. The van der Waals surface area contributed by atoms with E-state index in [1.807, 2.05) is 43.3 Å². The van der Waals surface area contributed by atoms with Crippen LogP contribution in [-0.2, 0) is 16.0 Å². The molecule has 1 fully saturated rings. The SMILES string of the molecule is CCN1C(=O)C(C)(C)Oc2ccc(Nc3nc(Nc4ccc5c(c4)[C@@H]4NC(=O)OC4C5)ncc3Cl)cc21. The number of benzene rings is 2. The molecule has 11 heteroatoms. The highest BCUT2D eigenvalue weighted by Gasteiger charge is 2.42. The summed E-state index contributed by atoms with van der Waals surface area (Å²) < 4.78 is 11.3. The molecule has 10 nitrogen and oxygen atoms in total. The van der Waals surface area contributed by atoms with Crippen molar-refractivity contribution in [3.05, 3.63) is 58.7 Å². The zero-order valence-corrected chi connectivity index (χ0v) is 21.2. The Morgan fingerprint density at radius 1 is 1.16 bits per heavy atom. The molecule has 2 amide bonds. The minimum absolute atomic E-state index is 0.101. The molecule has 3 aromatic rings. The van der Waals surface area contributed by atoms with Gasteiger partial charge < -0.3 is 30.3 Å². The third-order valence-corrected chi connectivity index (χ3v) is 7.04. The van der Waals surface area contributed by atoms with Gasteiger partial charge in [0.1, 0.15) is 16.9 Å². The Bertz CT molecular complexity index is 1440. The molecule has 3 heterocycles. The summed E-state index contributed by atoms with van der Waals surface area (Å²) in [5, 5.41) is 9.64. The fraction of sp³-hybridized carbons (Fsp3) is 0.308. The minimum atomic E-state index is -0.927. The molecule has 1 saturated heterocycles. The number of likely N-dealkylation sites (N-methyl/N-ethyl adjacent to an activating group) is 1. The quantitative estimate of drug-likeness (QED) is 0.437. The standard InChI is InChI=1S/C26H25ClN6O4/c1-4-33-18-11-15(7-8-19(18)37-26(2,3)23(33)34)29-22-17(27)12-28-24(32-22)30-14-6-5-13-9-20-21(16(13)10-14)31-25(35)36-20/h5-8,10-12,20-21H,4,9H2,1-3H3,(H,31,35)(H2,28,29,30,32)/t20?,21-/m0/s1. The number of aromatic nitrogens is 2. The number of hydrogen-bond donors (Lipinski definition) is 3. The second-order valence-corrected chi connectivity index (χ2v) is 10.1. The highest BCUT2D eigenvalue weighted by molar-refractivity contribution is 6.32. The topological polar surface area (TPSA) is 118 Å². The maximum Gasteiger partial charge on any atom is 0.408 e. The van der Waals surface area contributed by atoms with Gasteiger partial charge in [0.25, 0.3) is 5.91 Å². The van der Waals surface area contributed by atoms with Crippen molar-refractivity contribution in [3.63, 3.8) is 0 Å². The van der Waals surface area contributed by atoms with E-state index >= 15 is 0 Å². The molecule has 1 aliphatic carbocycles. The third kappa shape index (κ3) is 4.07. The summed E-state index contributed by atoms with van der Waals surface area (Å²) >= 11 is 6.40. The molecule has 0 radical (unpaired) electrons. The second-order valence-electron chi connectivity index (χ2n) is 9.67. The fourth-order valence-electron chi connectivity index (χ4n) is 5.00. The van der Waals surface area contributed by atoms with Crippen LogP contribution < -0.4 is 25.6 Å². The van der Waals surface area contributed by atoms with Crippen molar-refractivity contribution < 1.29 is 19.1 Å². The Hall–Kier alpha value is -4.05. The van der Waals surface area contributed by atoms with Crippen molar-refractivity contribution in [3.8, 4) is 5.75 Å². The lowest BCUT2D eigenvalue weighted by Gasteiger charge is -2.38. The number of halogens is 1. The molecule has 0 saturated carbocycles. The number of fused-ring (bicyclic) bond motifs is 4. The number of carbonyl (C=O) groups is 2. The van der Waals surface area contributed by atoms with Gasteiger partial charge in [-0.1, -0.05) is 17.7 Å². The molecule has 2 aromatic carbocycles. The number of ether oxygens (including phenoxy) is 2. The van der Waals surface area contributed by atoms with Crippen LogP contribution in [0.5, 0.6) is 5.75 Å². The maximum atomic E-state index is 12.8. The van der Waals surface area contributed by atoms with Crippen molar-refractivity contribution in [1.82, 2.24) is 15.3 Å². The predicted octanol–water partition coefficient (Wildman–Crippen LogP) is 4.85. The van der Waals surface area contributed by atoms with Gasteiger partial charge in [0, 0.05) is 24.3 Å². The average molecular weight is 521 g/mol. The van der Waals surface area contributed by atoms with Crippen molar-refractivity contribution in [2.24, 2.45) is 0 Å². The summed E-state index contributed by atoms with van der Waals surface area (Å²) in [7, 11) is 0. The Balaban J connectivity index is 1.24. The van der Waals surface area contributed by atoms with Crippen LogP contribution in [0.1, 0.15) is 37.9 Å². The first-order valence-electron chi connectivity index (χ1n) is 12.0. The third-order valence-electron chi connectivity index (χ3n) is 6.76. The van der Waals surface area contributed by atoms with Gasteiger partial charge >= 0.3 is 6.09 Å². The summed E-state index contributed by atoms with van der Waals surface area (Å²) in [6.45, 7) is 5.97. The van der Waals surface area contributed by atoms with E-state index in [1.165, 1.54) is 6.20 Å². The molecule has 2 atom stereocenters. The highest BCUT2D eigenvalue weighted by atomic mass is 35.5. The van der Waals surface area contributed by atoms with Crippen molar-refractivity contribution in [1.29, 1.82) is 0 Å². The first-order chi connectivity index (χ1) is 17.7. The predicted molar refractivity (Wildman–Crippen MR) is 139 cm³/mol. The maximum absolute atomic E-state index is 12.8. The molecule has 3 N–H and O–H groups in total. The summed E-state index contributed by atoms with van der Waals surface area (Å²) in [6.07, 6.45) is 1.64. The molecule has 2 aliphatic heterocycles. The van der Waals surface area contributed by atoms with Gasteiger partial charge in [0.15, 0.2) is 11.4 Å². The fourth-order valence-corrected chi connectivity index (χ4v) is 5.14. The number of anilines is 5. The average Bonchev–Trinajstić information content (AvgIpc) is 3.38. The van der Waals surface area contributed by atoms with Crippen LogP contribution in [0, 0.1) is 0 Å². The largest absolute Gasteiger partial charge is 0.476 e. The number of alkyl carbamates (subject to hydrolysis) is 1. The first kappa shape index (κ1) is 23.4. The second kappa shape index (κ2) is 8.52. The summed E-state index contributed by atoms with van der Waals surface area (Å²) in [5.41, 5.74) is 3.38. The van der Waals surface area contributed by atoms with Crippen molar-refractivity contribution in [2.75, 3.05) is 22.1 Å². The monoisotopic (exact) mass is 520 g/mol. The van der Waals surface area contributed by atoms with Gasteiger partial charge in [-0.3, -0.25) is 4.79 Å². The first-order valence-corrected chi connectivity index (χ1v) is 12.4. The van der Waals surface area contributed by atoms with Crippen molar-refractivity contribution in [2.45, 2.75) is 44.9 Å². The van der Waals surface area contributed by atoms with E-state index < -0.39 is 5.60 Å². The molecular weight excluding hydrogens is 496 g/mol. The van der Waals surface area contributed by atoms with Crippen LogP contribution in [-0.4, -0.2) is 40.2 Å². The van der Waals surface area contributed by atoms with Crippen LogP contribution in [0.2, 0.25) is 5.02 Å². The molecule has 1 unspecified atom stereocenters. The normalized spacial score (nSPS) is 20.8. The van der Waals surface area contributed by atoms with E-state index in [1.54, 1.807) is 18.7 Å². The van der Waals surface area contributed by atoms with E-state index in [2.05, 4.69) is 25.9 Å². The summed E-state index contributed by atoms with van der Waals surface area (Å²) in [4.78, 5) is 35.0. The zero-order chi connectivity index (χ0) is 25.9. The van der Waals surface area contributed by atoms with E-state index in [9.17, 15) is 9.59 Å². The Morgan fingerprint density at radius 2 is 1.95 bits per heavy atom. The molecule has 3 aliphatic rings. The van der Waals surface area contributed by atoms with E-state index in [-0.39, 0.29) is 24.1 Å². The smallest absolute Gasteiger partial charge is 0.408 e. The Morgan fingerprint density at radius 3 is 2.76 bits per heavy atom. The molecule has 0 spiro atoms. The van der Waals surface area contributed by atoms with Crippen LogP contribution in [0.3, 0.4) is 0 Å². The van der Waals surface area contributed by atoms with E-state index in [0.29, 0.717) is 46.9 Å². The number of carbonyl (C=O) groups excluding carboxylic acids is 2. The van der Waals surface area contributed by atoms with Crippen LogP contribution >= 0.6 is 11.6 Å². The zero-order valence-electron chi connectivity index (χ0n) is 20.5. The molecular formula is C26H25ClN6O4. The number of nitrogens with zero attached hydrogens (tertiary/aromatic N) is 3. The number of nitrogens with one attached hydrogen (secondary N) is 3. The Kier molecular flexibility index (Phi) is 5.38. The summed E-state index contributed by atoms with van der Waals surface area (Å²) in [5.74, 6) is 1.29. The number of amides is 2. The van der Waals surface area contributed by atoms with E-state index in [4.69, 9.17) is 21.1 Å². The van der Waals surface area contributed by atoms with Gasteiger partial charge in [0.05, 0.1) is 17.9 Å². The van der Waals surface area contributed by atoms with Crippen LogP contribution in [0.25, 0.3) is 0 Å². The number of rotatable bonds is 5. The number of hydrogen-bond acceptors (Lipinski definition) is 8. The molecule has 0 bridgehead atoms. The minimum Gasteiger partial charge on any atom is -0.476 e. The van der Waals surface area contributed by atoms with Crippen LogP contribution in [0.15, 0.2) is 42.6 Å². The molecule has 37 heavy (non-hydrogen) atoms. The molecule has 6 rings (SSSR count). The molecule has 1 aromatic heterocycles. The lowest BCUT2D eigenvalue weighted by molar-refractivity contribution is -0.132. The van der Waals surface area contributed by atoms with Gasteiger partial charge in [-0.2, -0.15) is 4.98 Å². The highest BCUT2D eigenvalue weighted by Crippen LogP contribution is 2.41.